The van der Waals surface area contributed by atoms with Crippen LogP contribution < -0.4 is 9.47 Å². The van der Waals surface area contributed by atoms with Crippen LogP contribution in [0.25, 0.3) is 6.08 Å². The number of ether oxygens (including phenoxy) is 2. The molecule has 0 unspecified atom stereocenters. The van der Waals surface area contributed by atoms with Crippen molar-refractivity contribution >= 4 is 50.5 Å². The lowest BCUT2D eigenvalue weighted by Gasteiger charge is -2.12. The molecule has 0 aliphatic carbocycles. The Morgan fingerprint density at radius 2 is 1.97 bits per heavy atom. The molecular weight excluding hydrogens is 466 g/mol. The van der Waals surface area contributed by atoms with E-state index in [1.807, 2.05) is 56.3 Å². The van der Waals surface area contributed by atoms with Crippen molar-refractivity contribution < 1.29 is 14.3 Å². The van der Waals surface area contributed by atoms with Crippen molar-refractivity contribution in [2.45, 2.75) is 13.8 Å². The summed E-state index contributed by atoms with van der Waals surface area (Å²) in [5, 5.41) is 9.42. The van der Waals surface area contributed by atoms with Crippen LogP contribution in [0.3, 0.4) is 0 Å². The van der Waals surface area contributed by atoms with Gasteiger partial charge in [0, 0.05) is 16.6 Å². The van der Waals surface area contributed by atoms with Crippen molar-refractivity contribution in [3.63, 3.8) is 0 Å². The minimum Gasteiger partial charge on any atom is -0.494 e. The molecule has 1 aliphatic heterocycles. The second-order valence-electron chi connectivity index (χ2n) is 6.11. The lowest BCUT2D eigenvalue weighted by Crippen LogP contribution is -2.28. The molecule has 6 nitrogen and oxygen atoms in total. The van der Waals surface area contributed by atoms with E-state index < -0.39 is 0 Å². The Morgan fingerprint density at radius 3 is 2.63 bits per heavy atom. The van der Waals surface area contributed by atoms with Crippen molar-refractivity contribution in [1.29, 1.82) is 5.26 Å². The number of carbonyl (C=O) groups is 1. The molecule has 30 heavy (non-hydrogen) atoms. The molecule has 3 rings (SSSR count). The number of likely N-dealkylation sites (N-methyl/N-ethyl adjacent to an activating group) is 1. The molecule has 1 amide bonds. The molecular formula is C22H20BrN3O3S. The van der Waals surface area contributed by atoms with Gasteiger partial charge in [0.15, 0.2) is 11.8 Å². The Bertz CT molecular complexity index is 1030. The molecule has 2 aromatic rings. The number of aliphatic imine (C=N–C) groups is 1. The van der Waals surface area contributed by atoms with Crippen molar-refractivity contribution in [3.8, 4) is 17.6 Å². The average Bonchev–Trinajstić information content (AvgIpc) is 3.03. The second kappa shape index (κ2) is 10.3. The van der Waals surface area contributed by atoms with Crippen molar-refractivity contribution in [2.24, 2.45) is 4.99 Å². The average molecular weight is 486 g/mol. The number of nitrogens with zero attached hydrogens (tertiary/aromatic N) is 3. The van der Waals surface area contributed by atoms with Crippen LogP contribution in [0.4, 0.5) is 5.69 Å². The molecule has 0 aromatic heterocycles. The van der Waals surface area contributed by atoms with Gasteiger partial charge < -0.3 is 9.47 Å². The summed E-state index contributed by atoms with van der Waals surface area (Å²) in [5.74, 6) is 1.21. The van der Waals surface area contributed by atoms with Crippen LogP contribution in [0.2, 0.25) is 0 Å². The van der Waals surface area contributed by atoms with Crippen LogP contribution in [0.1, 0.15) is 19.4 Å². The standard InChI is InChI=1S/C22H20BrN3O3S/c1-3-26-21(27)20(14-15-13-16(23)5-10-19(15)29-12-11-24)30-22(26)25-17-6-8-18(9-7-17)28-4-2/h5-10,13-14H,3-4,12H2,1-2H3/b20-14-,25-22?. The number of halogens is 1. The molecule has 0 atom stereocenters. The highest BCUT2D eigenvalue weighted by Gasteiger charge is 2.32. The van der Waals surface area contributed by atoms with E-state index in [0.717, 1.165) is 15.9 Å². The van der Waals surface area contributed by atoms with Gasteiger partial charge in [-0.15, -0.1) is 0 Å². The maximum Gasteiger partial charge on any atom is 0.266 e. The van der Waals surface area contributed by atoms with Gasteiger partial charge in [-0.25, -0.2) is 4.99 Å². The van der Waals surface area contributed by atoms with Crippen LogP contribution in [0.15, 0.2) is 56.8 Å². The lowest BCUT2D eigenvalue weighted by molar-refractivity contribution is -0.122. The highest BCUT2D eigenvalue weighted by atomic mass is 79.9. The van der Waals surface area contributed by atoms with Gasteiger partial charge >= 0.3 is 0 Å². The highest BCUT2D eigenvalue weighted by Crippen LogP contribution is 2.36. The number of thioether (sulfide) groups is 1. The zero-order valence-corrected chi connectivity index (χ0v) is 19.0. The Morgan fingerprint density at radius 1 is 1.20 bits per heavy atom. The van der Waals surface area contributed by atoms with Gasteiger partial charge in [-0.1, -0.05) is 15.9 Å². The van der Waals surface area contributed by atoms with E-state index in [2.05, 4.69) is 20.9 Å². The zero-order chi connectivity index (χ0) is 21.5. The fraction of sp³-hybridized carbons (Fsp3) is 0.227. The molecule has 2 aromatic carbocycles. The number of hydrogen-bond acceptors (Lipinski definition) is 6. The van der Waals surface area contributed by atoms with Crippen LogP contribution in [0.5, 0.6) is 11.5 Å². The lowest BCUT2D eigenvalue weighted by atomic mass is 10.2. The normalized spacial score (nSPS) is 16.2. The maximum atomic E-state index is 12.9. The molecule has 0 N–H and O–H groups in total. The van der Waals surface area contributed by atoms with E-state index in [-0.39, 0.29) is 12.5 Å². The fourth-order valence-electron chi connectivity index (χ4n) is 2.78. The van der Waals surface area contributed by atoms with Gasteiger partial charge in [0.1, 0.15) is 17.6 Å². The molecule has 1 heterocycles. The molecule has 8 heteroatoms. The number of hydrogen-bond donors (Lipinski definition) is 0. The number of amides is 1. The van der Waals surface area contributed by atoms with Crippen molar-refractivity contribution in [1.82, 2.24) is 4.90 Å². The van der Waals surface area contributed by atoms with Gasteiger partial charge in [0.2, 0.25) is 0 Å². The summed E-state index contributed by atoms with van der Waals surface area (Å²) < 4.78 is 11.8. The molecule has 1 aliphatic rings. The molecule has 0 radical (unpaired) electrons. The van der Waals surface area contributed by atoms with E-state index in [1.54, 1.807) is 17.0 Å². The number of rotatable bonds is 7. The molecule has 0 saturated carbocycles. The van der Waals surface area contributed by atoms with Crippen LogP contribution >= 0.6 is 27.7 Å². The fourth-order valence-corrected chi connectivity index (χ4v) is 4.21. The first-order valence-electron chi connectivity index (χ1n) is 9.38. The Labute approximate surface area is 188 Å². The largest absolute Gasteiger partial charge is 0.494 e. The van der Waals surface area contributed by atoms with E-state index in [1.165, 1.54) is 11.8 Å². The topological polar surface area (TPSA) is 74.9 Å². The third-order valence-electron chi connectivity index (χ3n) is 4.13. The summed E-state index contributed by atoms with van der Waals surface area (Å²) in [5.41, 5.74) is 1.46. The van der Waals surface area contributed by atoms with Crippen molar-refractivity contribution in [3.05, 3.63) is 57.4 Å². The first-order chi connectivity index (χ1) is 14.5. The van der Waals surface area contributed by atoms with E-state index in [9.17, 15) is 4.79 Å². The first-order valence-corrected chi connectivity index (χ1v) is 11.0. The van der Waals surface area contributed by atoms with Crippen molar-refractivity contribution in [2.75, 3.05) is 19.8 Å². The van der Waals surface area contributed by atoms with Gasteiger partial charge in [-0.3, -0.25) is 9.69 Å². The summed E-state index contributed by atoms with van der Waals surface area (Å²) in [4.78, 5) is 19.8. The second-order valence-corrected chi connectivity index (χ2v) is 8.04. The number of amidine groups is 1. The quantitative estimate of drug-likeness (QED) is 0.492. The predicted octanol–water partition coefficient (Wildman–Crippen LogP) is 5.37. The molecule has 0 spiro atoms. The van der Waals surface area contributed by atoms with Crippen LogP contribution in [-0.2, 0) is 4.79 Å². The van der Waals surface area contributed by atoms with Crippen LogP contribution in [0, 0.1) is 11.3 Å². The Hall–Kier alpha value is -2.76. The first kappa shape index (κ1) is 21.9. The summed E-state index contributed by atoms with van der Waals surface area (Å²) >= 11 is 4.76. The summed E-state index contributed by atoms with van der Waals surface area (Å²) in [6.07, 6.45) is 1.77. The van der Waals surface area contributed by atoms with E-state index in [0.29, 0.717) is 34.5 Å². The Balaban J connectivity index is 1.91. The third kappa shape index (κ3) is 5.23. The zero-order valence-electron chi connectivity index (χ0n) is 16.6. The number of benzene rings is 2. The van der Waals surface area contributed by atoms with Gasteiger partial charge in [0.05, 0.1) is 17.2 Å². The molecule has 154 valence electrons. The Kier molecular flexibility index (Phi) is 7.55. The monoisotopic (exact) mass is 485 g/mol. The molecule has 1 saturated heterocycles. The maximum absolute atomic E-state index is 12.9. The molecule has 1 fully saturated rings. The molecule has 0 bridgehead atoms. The summed E-state index contributed by atoms with van der Waals surface area (Å²) in [6.45, 7) is 4.89. The minimum absolute atomic E-state index is 0.0651. The van der Waals surface area contributed by atoms with E-state index in [4.69, 9.17) is 14.7 Å². The number of carbonyl (C=O) groups excluding carboxylic acids is 1. The number of nitriles is 1. The van der Waals surface area contributed by atoms with E-state index >= 15 is 0 Å². The minimum atomic E-state index is -0.113. The van der Waals surface area contributed by atoms with Gasteiger partial charge in [-0.2, -0.15) is 5.26 Å². The SMILES string of the molecule is CCOc1ccc(N=C2S/C(=C\c3cc(Br)ccc3OCC#N)C(=O)N2CC)cc1. The third-order valence-corrected chi connectivity index (χ3v) is 5.63. The predicted molar refractivity (Wildman–Crippen MR) is 123 cm³/mol. The smallest absolute Gasteiger partial charge is 0.266 e. The van der Waals surface area contributed by atoms with Gasteiger partial charge in [-0.05, 0) is 74.1 Å². The summed E-state index contributed by atoms with van der Waals surface area (Å²) in [6, 6.07) is 14.9. The van der Waals surface area contributed by atoms with Gasteiger partial charge in [0.25, 0.3) is 5.91 Å². The summed E-state index contributed by atoms with van der Waals surface area (Å²) in [7, 11) is 0. The van der Waals surface area contributed by atoms with Crippen LogP contribution in [-0.4, -0.2) is 35.7 Å². The highest BCUT2D eigenvalue weighted by molar-refractivity contribution is 9.10.